The predicted molar refractivity (Wildman–Crippen MR) is 66.9 cm³/mol. The van der Waals surface area contributed by atoms with Crippen LogP contribution in [0.3, 0.4) is 0 Å². The van der Waals surface area contributed by atoms with Crippen LogP contribution in [0.5, 0.6) is 0 Å². The molecule has 17 heavy (non-hydrogen) atoms. The molecule has 0 spiro atoms. The van der Waals surface area contributed by atoms with E-state index in [4.69, 9.17) is 0 Å². The summed E-state index contributed by atoms with van der Waals surface area (Å²) in [6, 6.07) is -0.470. The van der Waals surface area contributed by atoms with Crippen molar-refractivity contribution in [3.8, 4) is 0 Å². The molecule has 0 aliphatic carbocycles. The lowest BCUT2D eigenvalue weighted by Gasteiger charge is -2.21. The van der Waals surface area contributed by atoms with Crippen LogP contribution in [-0.4, -0.2) is 51.6 Å². The Bertz CT molecular complexity index is 333. The fraction of sp³-hybridized carbons (Fsp3) is 0.818. The van der Waals surface area contributed by atoms with Crippen molar-refractivity contribution in [3.63, 3.8) is 0 Å². The van der Waals surface area contributed by atoms with Crippen molar-refractivity contribution < 1.29 is 13.8 Å². The summed E-state index contributed by atoms with van der Waals surface area (Å²) in [5, 5.41) is 3.00. The highest BCUT2D eigenvalue weighted by atomic mass is 32.2. The highest BCUT2D eigenvalue weighted by Gasteiger charge is 2.40. The SMILES string of the molecule is CCC(C)N1C(=O)CC(NCCS(C)=O)C1=O. The van der Waals surface area contributed by atoms with Crippen LogP contribution in [0.4, 0.5) is 0 Å². The maximum atomic E-state index is 12.0. The lowest BCUT2D eigenvalue weighted by molar-refractivity contribution is -0.141. The number of imide groups is 1. The van der Waals surface area contributed by atoms with Crippen LogP contribution in [0.1, 0.15) is 26.7 Å². The molecule has 3 unspecified atom stereocenters. The molecule has 1 aliphatic heterocycles. The second-order valence-electron chi connectivity index (χ2n) is 4.35. The number of carbonyl (C=O) groups is 2. The summed E-state index contributed by atoms with van der Waals surface area (Å²) in [5.41, 5.74) is 0. The summed E-state index contributed by atoms with van der Waals surface area (Å²) in [5.74, 6) is 0.243. The van der Waals surface area contributed by atoms with Gasteiger partial charge >= 0.3 is 0 Å². The first kappa shape index (κ1) is 14.3. The van der Waals surface area contributed by atoms with Gasteiger partial charge in [-0.15, -0.1) is 0 Å². The summed E-state index contributed by atoms with van der Waals surface area (Å²) in [6.07, 6.45) is 2.61. The maximum absolute atomic E-state index is 12.0. The van der Waals surface area contributed by atoms with Gasteiger partial charge in [-0.1, -0.05) is 6.92 Å². The third-order valence-corrected chi connectivity index (χ3v) is 3.77. The van der Waals surface area contributed by atoms with E-state index in [0.29, 0.717) is 12.3 Å². The van der Waals surface area contributed by atoms with Crippen molar-refractivity contribution in [2.24, 2.45) is 0 Å². The fourth-order valence-electron chi connectivity index (χ4n) is 1.83. The van der Waals surface area contributed by atoms with E-state index in [9.17, 15) is 13.8 Å². The van der Waals surface area contributed by atoms with Gasteiger partial charge in [0.2, 0.25) is 11.8 Å². The Kier molecular flexibility index (Phi) is 5.27. The lowest BCUT2D eigenvalue weighted by Crippen LogP contribution is -2.43. The summed E-state index contributed by atoms with van der Waals surface area (Å²) in [7, 11) is -0.877. The largest absolute Gasteiger partial charge is 0.305 e. The first-order chi connectivity index (χ1) is 7.97. The molecular weight excluding hydrogens is 240 g/mol. The zero-order valence-electron chi connectivity index (χ0n) is 10.6. The Morgan fingerprint density at radius 3 is 2.71 bits per heavy atom. The van der Waals surface area contributed by atoms with Crippen LogP contribution in [-0.2, 0) is 20.4 Å². The number of nitrogens with one attached hydrogen (secondary N) is 1. The number of hydrogen-bond donors (Lipinski definition) is 1. The van der Waals surface area contributed by atoms with Crippen molar-refractivity contribution in [1.29, 1.82) is 0 Å². The molecule has 0 aromatic rings. The lowest BCUT2D eigenvalue weighted by atomic mass is 10.2. The van der Waals surface area contributed by atoms with Gasteiger partial charge in [-0.2, -0.15) is 0 Å². The molecule has 0 bridgehead atoms. The van der Waals surface area contributed by atoms with Crippen molar-refractivity contribution in [3.05, 3.63) is 0 Å². The Labute approximate surface area is 104 Å². The van der Waals surface area contributed by atoms with Gasteiger partial charge in [-0.05, 0) is 13.3 Å². The van der Waals surface area contributed by atoms with E-state index in [-0.39, 0.29) is 24.3 Å². The van der Waals surface area contributed by atoms with Crippen molar-refractivity contribution in [2.75, 3.05) is 18.6 Å². The third-order valence-electron chi connectivity index (χ3n) is 2.99. The molecule has 1 rings (SSSR count). The summed E-state index contributed by atoms with van der Waals surface area (Å²) >= 11 is 0. The van der Waals surface area contributed by atoms with Gasteiger partial charge in [-0.25, -0.2) is 0 Å². The smallest absolute Gasteiger partial charge is 0.247 e. The van der Waals surface area contributed by atoms with Crippen LogP contribution in [0.15, 0.2) is 0 Å². The third kappa shape index (κ3) is 3.61. The molecule has 3 atom stereocenters. The Hall–Kier alpha value is -0.750. The molecule has 0 aromatic carbocycles. The second-order valence-corrected chi connectivity index (χ2v) is 5.90. The number of likely N-dealkylation sites (tertiary alicyclic amines) is 1. The van der Waals surface area contributed by atoms with Crippen LogP contribution < -0.4 is 5.32 Å². The van der Waals surface area contributed by atoms with E-state index < -0.39 is 16.8 Å². The van der Waals surface area contributed by atoms with Crippen molar-refractivity contribution in [1.82, 2.24) is 10.2 Å². The molecule has 0 aromatic heterocycles. The molecule has 1 fully saturated rings. The van der Waals surface area contributed by atoms with Crippen LogP contribution in [0.25, 0.3) is 0 Å². The normalized spacial score (nSPS) is 24.2. The molecule has 1 aliphatic rings. The van der Waals surface area contributed by atoms with Gasteiger partial charge in [0, 0.05) is 35.4 Å². The van der Waals surface area contributed by atoms with Gasteiger partial charge in [0.05, 0.1) is 12.5 Å². The number of hydrogen-bond acceptors (Lipinski definition) is 4. The van der Waals surface area contributed by atoms with Gasteiger partial charge in [-0.3, -0.25) is 18.7 Å². The Morgan fingerprint density at radius 1 is 1.53 bits per heavy atom. The molecule has 0 radical (unpaired) electrons. The van der Waals surface area contributed by atoms with Crippen LogP contribution in [0, 0.1) is 0 Å². The first-order valence-electron chi connectivity index (χ1n) is 5.86. The zero-order valence-corrected chi connectivity index (χ0v) is 11.4. The molecule has 5 nitrogen and oxygen atoms in total. The highest BCUT2D eigenvalue weighted by molar-refractivity contribution is 7.84. The zero-order chi connectivity index (χ0) is 13.0. The van der Waals surface area contributed by atoms with Crippen molar-refractivity contribution in [2.45, 2.75) is 38.8 Å². The molecular formula is C11H20N2O3S. The van der Waals surface area contributed by atoms with E-state index >= 15 is 0 Å². The van der Waals surface area contributed by atoms with Crippen LogP contribution >= 0.6 is 0 Å². The molecule has 0 saturated carbocycles. The second kappa shape index (κ2) is 6.26. The predicted octanol–water partition coefficient (Wildman–Crippen LogP) is -0.119. The number of rotatable bonds is 6. The molecule has 1 saturated heterocycles. The van der Waals surface area contributed by atoms with E-state index in [1.807, 2.05) is 13.8 Å². The van der Waals surface area contributed by atoms with Gasteiger partial charge in [0.1, 0.15) is 0 Å². The summed E-state index contributed by atoms with van der Waals surface area (Å²) < 4.78 is 10.9. The minimum atomic E-state index is -0.877. The van der Waals surface area contributed by atoms with E-state index in [2.05, 4.69) is 5.32 Å². The van der Waals surface area contributed by atoms with Gasteiger partial charge in [0.15, 0.2) is 0 Å². The Balaban J connectivity index is 2.52. The molecule has 1 heterocycles. The Morgan fingerprint density at radius 2 is 2.18 bits per heavy atom. The van der Waals surface area contributed by atoms with Gasteiger partial charge < -0.3 is 5.32 Å². The topological polar surface area (TPSA) is 66.5 Å². The standard InChI is InChI=1S/C11H20N2O3S/c1-4-8(2)13-10(14)7-9(11(13)15)12-5-6-17(3)16/h8-9,12H,4-7H2,1-3H3. The summed E-state index contributed by atoms with van der Waals surface area (Å²) in [4.78, 5) is 25.0. The first-order valence-corrected chi connectivity index (χ1v) is 7.59. The number of carbonyl (C=O) groups excluding carboxylic acids is 2. The molecule has 2 amide bonds. The maximum Gasteiger partial charge on any atom is 0.247 e. The number of amides is 2. The van der Waals surface area contributed by atoms with E-state index in [1.165, 1.54) is 4.90 Å². The molecule has 1 N–H and O–H groups in total. The molecule has 98 valence electrons. The van der Waals surface area contributed by atoms with E-state index in [0.717, 1.165) is 6.42 Å². The van der Waals surface area contributed by atoms with E-state index in [1.54, 1.807) is 6.26 Å². The van der Waals surface area contributed by atoms with Crippen LogP contribution in [0.2, 0.25) is 0 Å². The summed E-state index contributed by atoms with van der Waals surface area (Å²) in [6.45, 7) is 4.33. The van der Waals surface area contributed by atoms with Gasteiger partial charge in [0.25, 0.3) is 0 Å². The minimum Gasteiger partial charge on any atom is -0.305 e. The van der Waals surface area contributed by atoms with Crippen molar-refractivity contribution >= 4 is 22.6 Å². The highest BCUT2D eigenvalue weighted by Crippen LogP contribution is 2.17. The average Bonchev–Trinajstić information content (AvgIpc) is 2.53. The minimum absolute atomic E-state index is 0.0397. The monoisotopic (exact) mass is 260 g/mol. The molecule has 6 heteroatoms. The quantitative estimate of drug-likeness (QED) is 0.676. The number of nitrogens with zero attached hydrogens (tertiary/aromatic N) is 1. The fourth-order valence-corrected chi connectivity index (χ4v) is 2.24. The average molecular weight is 260 g/mol.